The molecule has 1 unspecified atom stereocenters. The standard InChI is InChI=1S/C16H16INOS/c1-11-14-7-9-20-16(14)6-8-18(11)10-15(19)12-2-4-13(17)5-3-12/h2-5,7,9,11H,6,8,10H2,1H3. The predicted octanol–water partition coefficient (Wildman–Crippen LogP) is 4.15. The molecule has 0 saturated heterocycles. The average molecular weight is 397 g/mol. The fourth-order valence-electron chi connectivity index (χ4n) is 2.69. The molecule has 1 aliphatic heterocycles. The van der Waals surface area contributed by atoms with Gasteiger partial charge in [-0.2, -0.15) is 0 Å². The molecular weight excluding hydrogens is 381 g/mol. The minimum atomic E-state index is 0.215. The van der Waals surface area contributed by atoms with Crippen LogP contribution in [0.4, 0.5) is 0 Å². The second kappa shape index (κ2) is 5.95. The quantitative estimate of drug-likeness (QED) is 0.573. The number of thiophene rings is 1. The normalized spacial score (nSPS) is 18.8. The summed E-state index contributed by atoms with van der Waals surface area (Å²) in [6.07, 6.45) is 1.07. The molecule has 0 saturated carbocycles. The number of carbonyl (C=O) groups excluding carboxylic acids is 1. The summed E-state index contributed by atoms with van der Waals surface area (Å²) >= 11 is 4.09. The van der Waals surface area contributed by atoms with E-state index in [2.05, 4.69) is 45.9 Å². The van der Waals surface area contributed by atoms with Gasteiger partial charge >= 0.3 is 0 Å². The number of halogens is 1. The number of benzene rings is 1. The number of rotatable bonds is 3. The van der Waals surface area contributed by atoms with E-state index < -0.39 is 0 Å². The zero-order valence-electron chi connectivity index (χ0n) is 11.3. The molecule has 0 fully saturated rings. The lowest BCUT2D eigenvalue weighted by molar-refractivity contribution is 0.0891. The van der Waals surface area contributed by atoms with Gasteiger partial charge in [0.25, 0.3) is 0 Å². The summed E-state index contributed by atoms with van der Waals surface area (Å²) in [5.74, 6) is 0.215. The first-order valence-electron chi connectivity index (χ1n) is 6.74. The van der Waals surface area contributed by atoms with Crippen LogP contribution in [-0.4, -0.2) is 23.8 Å². The van der Waals surface area contributed by atoms with E-state index in [-0.39, 0.29) is 5.78 Å². The van der Waals surface area contributed by atoms with Crippen molar-refractivity contribution in [3.63, 3.8) is 0 Å². The highest BCUT2D eigenvalue weighted by Crippen LogP contribution is 2.32. The minimum absolute atomic E-state index is 0.215. The number of nitrogens with zero attached hydrogens (tertiary/aromatic N) is 1. The second-order valence-corrected chi connectivity index (χ2v) is 7.37. The van der Waals surface area contributed by atoms with Gasteiger partial charge in [0.05, 0.1) is 6.54 Å². The zero-order chi connectivity index (χ0) is 14.1. The number of hydrogen-bond donors (Lipinski definition) is 0. The third kappa shape index (κ3) is 2.82. The molecule has 2 aromatic rings. The van der Waals surface area contributed by atoms with Gasteiger partial charge in [-0.25, -0.2) is 0 Å². The third-order valence-electron chi connectivity index (χ3n) is 3.92. The SMILES string of the molecule is CC1c2ccsc2CCN1CC(=O)c1ccc(I)cc1. The molecule has 1 aliphatic rings. The van der Waals surface area contributed by atoms with Crippen LogP contribution in [0.2, 0.25) is 0 Å². The fraction of sp³-hybridized carbons (Fsp3) is 0.312. The van der Waals surface area contributed by atoms with E-state index in [1.807, 2.05) is 35.6 Å². The van der Waals surface area contributed by atoms with Crippen LogP contribution in [0.5, 0.6) is 0 Å². The molecule has 0 spiro atoms. The van der Waals surface area contributed by atoms with Gasteiger partial charge in [-0.15, -0.1) is 11.3 Å². The Morgan fingerprint density at radius 1 is 1.35 bits per heavy atom. The third-order valence-corrected chi connectivity index (χ3v) is 5.63. The van der Waals surface area contributed by atoms with Gasteiger partial charge in [-0.3, -0.25) is 9.69 Å². The van der Waals surface area contributed by atoms with Crippen molar-refractivity contribution in [3.05, 3.63) is 55.3 Å². The molecule has 0 aliphatic carbocycles. The van der Waals surface area contributed by atoms with Crippen LogP contribution in [0.3, 0.4) is 0 Å². The average Bonchev–Trinajstić information content (AvgIpc) is 2.92. The molecule has 0 amide bonds. The Morgan fingerprint density at radius 2 is 2.10 bits per heavy atom. The zero-order valence-corrected chi connectivity index (χ0v) is 14.3. The summed E-state index contributed by atoms with van der Waals surface area (Å²) in [4.78, 5) is 16.1. The van der Waals surface area contributed by atoms with Crippen LogP contribution in [0.25, 0.3) is 0 Å². The van der Waals surface area contributed by atoms with E-state index in [4.69, 9.17) is 0 Å². The topological polar surface area (TPSA) is 20.3 Å². The minimum Gasteiger partial charge on any atom is -0.293 e. The van der Waals surface area contributed by atoms with Crippen molar-refractivity contribution < 1.29 is 4.79 Å². The molecule has 20 heavy (non-hydrogen) atoms. The molecule has 2 nitrogen and oxygen atoms in total. The Balaban J connectivity index is 1.72. The van der Waals surface area contributed by atoms with Crippen molar-refractivity contribution in [1.82, 2.24) is 4.90 Å². The van der Waals surface area contributed by atoms with Crippen molar-refractivity contribution in [2.45, 2.75) is 19.4 Å². The van der Waals surface area contributed by atoms with E-state index in [1.54, 1.807) is 0 Å². The molecule has 1 atom stereocenters. The highest BCUT2D eigenvalue weighted by molar-refractivity contribution is 14.1. The maximum atomic E-state index is 12.4. The van der Waals surface area contributed by atoms with E-state index in [9.17, 15) is 4.79 Å². The lowest BCUT2D eigenvalue weighted by atomic mass is 10.0. The van der Waals surface area contributed by atoms with Gasteiger partial charge in [-0.05, 0) is 65.1 Å². The van der Waals surface area contributed by atoms with E-state index in [1.165, 1.54) is 10.4 Å². The smallest absolute Gasteiger partial charge is 0.176 e. The fourth-order valence-corrected chi connectivity index (χ4v) is 4.01. The molecule has 4 heteroatoms. The largest absolute Gasteiger partial charge is 0.293 e. The van der Waals surface area contributed by atoms with Crippen LogP contribution >= 0.6 is 33.9 Å². The van der Waals surface area contributed by atoms with Crippen LogP contribution in [-0.2, 0) is 6.42 Å². The van der Waals surface area contributed by atoms with E-state index in [0.29, 0.717) is 12.6 Å². The first-order chi connectivity index (χ1) is 9.65. The Morgan fingerprint density at radius 3 is 2.85 bits per heavy atom. The summed E-state index contributed by atoms with van der Waals surface area (Å²) in [6, 6.07) is 10.4. The van der Waals surface area contributed by atoms with Gasteiger partial charge in [0.2, 0.25) is 0 Å². The molecule has 104 valence electrons. The lowest BCUT2D eigenvalue weighted by Gasteiger charge is -2.32. The van der Waals surface area contributed by atoms with Gasteiger partial charge < -0.3 is 0 Å². The maximum Gasteiger partial charge on any atom is 0.176 e. The second-order valence-electron chi connectivity index (χ2n) is 5.13. The summed E-state index contributed by atoms with van der Waals surface area (Å²) in [7, 11) is 0. The van der Waals surface area contributed by atoms with Crippen LogP contribution < -0.4 is 0 Å². The monoisotopic (exact) mass is 397 g/mol. The Bertz CT molecular complexity index is 620. The summed E-state index contributed by atoms with van der Waals surface area (Å²) in [5, 5.41) is 2.16. The molecule has 0 bridgehead atoms. The Kier molecular flexibility index (Phi) is 4.23. The van der Waals surface area contributed by atoms with Crippen molar-refractivity contribution in [2.75, 3.05) is 13.1 Å². The van der Waals surface area contributed by atoms with Crippen LogP contribution in [0, 0.1) is 3.57 Å². The molecule has 3 rings (SSSR count). The van der Waals surface area contributed by atoms with Crippen molar-refractivity contribution >= 4 is 39.7 Å². The van der Waals surface area contributed by atoms with E-state index >= 15 is 0 Å². The maximum absolute atomic E-state index is 12.4. The van der Waals surface area contributed by atoms with Gasteiger partial charge in [0, 0.05) is 26.6 Å². The number of hydrogen-bond acceptors (Lipinski definition) is 3. The number of Topliss-reactive ketones (excluding diaryl/α,β-unsaturated/α-hetero) is 1. The first-order valence-corrected chi connectivity index (χ1v) is 8.70. The summed E-state index contributed by atoms with van der Waals surface area (Å²) in [5.41, 5.74) is 2.21. The molecule has 1 aromatic carbocycles. The summed E-state index contributed by atoms with van der Waals surface area (Å²) < 4.78 is 1.16. The Labute approximate surface area is 136 Å². The molecule has 0 radical (unpaired) electrons. The van der Waals surface area contributed by atoms with Gasteiger partial charge in [0.1, 0.15) is 0 Å². The molecular formula is C16H16INOS. The first kappa shape index (κ1) is 14.2. The van der Waals surface area contributed by atoms with Crippen molar-refractivity contribution in [2.24, 2.45) is 0 Å². The number of ketones is 1. The number of carbonyl (C=O) groups is 1. The lowest BCUT2D eigenvalue weighted by Crippen LogP contribution is -2.37. The molecule has 2 heterocycles. The summed E-state index contributed by atoms with van der Waals surface area (Å²) in [6.45, 7) is 3.69. The highest BCUT2D eigenvalue weighted by Gasteiger charge is 2.26. The molecule has 0 N–H and O–H groups in total. The predicted molar refractivity (Wildman–Crippen MR) is 91.5 cm³/mol. The van der Waals surface area contributed by atoms with Crippen molar-refractivity contribution in [1.29, 1.82) is 0 Å². The highest BCUT2D eigenvalue weighted by atomic mass is 127. The van der Waals surface area contributed by atoms with Gasteiger partial charge in [0.15, 0.2) is 5.78 Å². The molecule has 1 aromatic heterocycles. The van der Waals surface area contributed by atoms with Gasteiger partial charge in [-0.1, -0.05) is 12.1 Å². The Hall–Kier alpha value is -0.720. The van der Waals surface area contributed by atoms with Crippen LogP contribution in [0.1, 0.15) is 33.8 Å². The van der Waals surface area contributed by atoms with Crippen molar-refractivity contribution in [3.8, 4) is 0 Å². The van der Waals surface area contributed by atoms with E-state index in [0.717, 1.165) is 22.1 Å². The van der Waals surface area contributed by atoms with Crippen LogP contribution in [0.15, 0.2) is 35.7 Å². The number of fused-ring (bicyclic) bond motifs is 1.